The molecule has 1 heterocycles. The number of ether oxygens (including phenoxy) is 2. The molecule has 0 aliphatic carbocycles. The predicted molar refractivity (Wildman–Crippen MR) is 79.1 cm³/mol. The minimum atomic E-state index is -4.38. The van der Waals surface area contributed by atoms with Crippen molar-refractivity contribution in [2.24, 2.45) is 0 Å². The highest BCUT2D eigenvalue weighted by atomic mass is 19.4. The molecular formula is C16H22F3NO3. The molecule has 0 saturated carbocycles. The second-order valence-electron chi connectivity index (χ2n) is 5.85. The van der Waals surface area contributed by atoms with E-state index in [1.165, 1.54) is 13.2 Å². The summed E-state index contributed by atoms with van der Waals surface area (Å²) >= 11 is 0. The highest BCUT2D eigenvalue weighted by molar-refractivity contribution is 5.28. The highest BCUT2D eigenvalue weighted by Gasteiger charge is 2.32. The first-order valence-electron chi connectivity index (χ1n) is 7.54. The fourth-order valence-corrected chi connectivity index (χ4v) is 2.61. The number of hydrogen-bond donors (Lipinski definition) is 2. The first-order chi connectivity index (χ1) is 10.8. The van der Waals surface area contributed by atoms with Crippen LogP contribution in [0.4, 0.5) is 13.2 Å². The molecular weight excluding hydrogens is 311 g/mol. The monoisotopic (exact) mass is 333 g/mol. The molecule has 7 heteroatoms. The van der Waals surface area contributed by atoms with Crippen LogP contribution < -0.4 is 5.32 Å². The van der Waals surface area contributed by atoms with Crippen LogP contribution in [0.5, 0.6) is 0 Å². The van der Waals surface area contributed by atoms with Gasteiger partial charge in [0.15, 0.2) is 0 Å². The molecule has 130 valence electrons. The van der Waals surface area contributed by atoms with Gasteiger partial charge in [0.1, 0.15) is 0 Å². The van der Waals surface area contributed by atoms with E-state index in [2.05, 4.69) is 5.32 Å². The summed E-state index contributed by atoms with van der Waals surface area (Å²) < 4.78 is 48.9. The van der Waals surface area contributed by atoms with Gasteiger partial charge in [0.2, 0.25) is 0 Å². The number of methoxy groups -OCH3 is 1. The maximum atomic E-state index is 12.8. The lowest BCUT2D eigenvalue weighted by atomic mass is 9.93. The van der Waals surface area contributed by atoms with Crippen LogP contribution in [0.15, 0.2) is 24.3 Å². The Morgan fingerprint density at radius 3 is 2.65 bits per heavy atom. The van der Waals surface area contributed by atoms with Crippen molar-refractivity contribution >= 4 is 0 Å². The number of halogens is 3. The Kier molecular flexibility index (Phi) is 6.02. The number of rotatable bonds is 6. The normalized spacial score (nSPS) is 19.5. The third kappa shape index (κ3) is 5.17. The molecule has 0 radical (unpaired) electrons. The van der Waals surface area contributed by atoms with Crippen LogP contribution in [0.1, 0.15) is 30.0 Å². The van der Waals surface area contributed by atoms with Crippen molar-refractivity contribution in [3.8, 4) is 0 Å². The third-order valence-electron chi connectivity index (χ3n) is 4.05. The van der Waals surface area contributed by atoms with Crippen LogP contribution in [0.25, 0.3) is 0 Å². The molecule has 2 N–H and O–H groups in total. The van der Waals surface area contributed by atoms with Gasteiger partial charge in [-0.15, -0.1) is 0 Å². The zero-order chi connectivity index (χ0) is 16.9. The van der Waals surface area contributed by atoms with Gasteiger partial charge >= 0.3 is 6.18 Å². The summed E-state index contributed by atoms with van der Waals surface area (Å²) in [5, 5.41) is 13.6. The Labute approximate surface area is 133 Å². The summed E-state index contributed by atoms with van der Waals surface area (Å²) in [7, 11) is 1.49. The van der Waals surface area contributed by atoms with E-state index in [0.29, 0.717) is 31.6 Å². The summed E-state index contributed by atoms with van der Waals surface area (Å²) in [5.74, 6) is 0. The van der Waals surface area contributed by atoms with E-state index in [-0.39, 0.29) is 13.2 Å². The molecule has 1 atom stereocenters. The number of hydrogen-bond acceptors (Lipinski definition) is 4. The Bertz CT molecular complexity index is 502. The maximum Gasteiger partial charge on any atom is 0.416 e. The SMILES string of the molecule is COCC(NCC1(O)CCOCC1)c1cccc(C(F)(F)F)c1. The molecule has 0 bridgehead atoms. The summed E-state index contributed by atoms with van der Waals surface area (Å²) in [6.45, 7) is 1.46. The molecule has 2 rings (SSSR count). The van der Waals surface area contributed by atoms with Crippen LogP contribution in [0, 0.1) is 0 Å². The third-order valence-corrected chi connectivity index (χ3v) is 4.05. The van der Waals surface area contributed by atoms with E-state index in [1.807, 2.05) is 0 Å². The molecule has 1 aliphatic rings. The number of nitrogens with one attached hydrogen (secondary N) is 1. The van der Waals surface area contributed by atoms with Gasteiger partial charge in [0.05, 0.1) is 23.8 Å². The average molecular weight is 333 g/mol. The Balaban J connectivity index is 2.08. The summed E-state index contributed by atoms with van der Waals surface area (Å²) in [5.41, 5.74) is -1.11. The zero-order valence-electron chi connectivity index (χ0n) is 13.0. The van der Waals surface area contributed by atoms with Gasteiger partial charge in [-0.3, -0.25) is 0 Å². The van der Waals surface area contributed by atoms with Gasteiger partial charge in [0.25, 0.3) is 0 Å². The number of alkyl halides is 3. The molecule has 23 heavy (non-hydrogen) atoms. The van der Waals surface area contributed by atoms with E-state index in [1.54, 1.807) is 6.07 Å². The van der Waals surface area contributed by atoms with Crippen molar-refractivity contribution in [2.75, 3.05) is 33.5 Å². The Morgan fingerprint density at radius 1 is 1.35 bits per heavy atom. The van der Waals surface area contributed by atoms with Crippen molar-refractivity contribution in [3.63, 3.8) is 0 Å². The molecule has 1 unspecified atom stereocenters. The summed E-state index contributed by atoms with van der Waals surface area (Å²) in [4.78, 5) is 0. The van der Waals surface area contributed by atoms with Crippen molar-refractivity contribution < 1.29 is 27.8 Å². The topological polar surface area (TPSA) is 50.7 Å². The first-order valence-corrected chi connectivity index (χ1v) is 7.54. The van der Waals surface area contributed by atoms with E-state index < -0.39 is 23.4 Å². The highest BCUT2D eigenvalue weighted by Crippen LogP contribution is 2.31. The minimum absolute atomic E-state index is 0.216. The zero-order valence-corrected chi connectivity index (χ0v) is 13.0. The molecule has 0 spiro atoms. The lowest BCUT2D eigenvalue weighted by Gasteiger charge is -2.34. The van der Waals surface area contributed by atoms with Gasteiger partial charge in [-0.2, -0.15) is 13.2 Å². The fourth-order valence-electron chi connectivity index (χ4n) is 2.61. The van der Waals surface area contributed by atoms with Crippen molar-refractivity contribution in [1.82, 2.24) is 5.32 Å². The van der Waals surface area contributed by atoms with Crippen molar-refractivity contribution in [2.45, 2.75) is 30.7 Å². The Hall–Kier alpha value is -1.15. The van der Waals surface area contributed by atoms with E-state index in [9.17, 15) is 18.3 Å². The largest absolute Gasteiger partial charge is 0.416 e. The molecule has 1 fully saturated rings. The van der Waals surface area contributed by atoms with Crippen LogP contribution in [0.2, 0.25) is 0 Å². The molecule has 0 aromatic heterocycles. The standard InChI is InChI=1S/C16H22F3NO3/c1-22-10-14(20-11-15(21)5-7-23-8-6-15)12-3-2-4-13(9-12)16(17,18)19/h2-4,9,14,20-21H,5-8,10-11H2,1H3. The lowest BCUT2D eigenvalue weighted by molar-refractivity contribution is -0.137. The molecule has 1 aromatic rings. The summed E-state index contributed by atoms with van der Waals surface area (Å²) in [6.07, 6.45) is -3.38. The number of aliphatic hydroxyl groups is 1. The van der Waals surface area contributed by atoms with Gasteiger partial charge in [-0.05, 0) is 17.7 Å². The van der Waals surface area contributed by atoms with Crippen molar-refractivity contribution in [1.29, 1.82) is 0 Å². The molecule has 1 aromatic carbocycles. The van der Waals surface area contributed by atoms with Gasteiger partial charge < -0.3 is 19.9 Å². The quantitative estimate of drug-likeness (QED) is 0.840. The van der Waals surface area contributed by atoms with E-state index in [4.69, 9.17) is 9.47 Å². The smallest absolute Gasteiger partial charge is 0.388 e. The van der Waals surface area contributed by atoms with Crippen molar-refractivity contribution in [3.05, 3.63) is 35.4 Å². The second-order valence-corrected chi connectivity index (χ2v) is 5.85. The van der Waals surface area contributed by atoms with Crippen LogP contribution in [-0.2, 0) is 15.7 Å². The maximum absolute atomic E-state index is 12.8. The lowest BCUT2D eigenvalue weighted by Crippen LogP contribution is -2.46. The minimum Gasteiger partial charge on any atom is -0.388 e. The fraction of sp³-hybridized carbons (Fsp3) is 0.625. The average Bonchev–Trinajstić information content (AvgIpc) is 2.51. The molecule has 4 nitrogen and oxygen atoms in total. The Morgan fingerprint density at radius 2 is 2.04 bits per heavy atom. The van der Waals surface area contributed by atoms with Crippen LogP contribution in [-0.4, -0.2) is 44.2 Å². The summed E-state index contributed by atoms with van der Waals surface area (Å²) in [6, 6.07) is 4.74. The van der Waals surface area contributed by atoms with Gasteiger partial charge in [0, 0.05) is 39.7 Å². The number of benzene rings is 1. The van der Waals surface area contributed by atoms with Gasteiger partial charge in [-0.25, -0.2) is 0 Å². The molecule has 1 saturated heterocycles. The predicted octanol–water partition coefficient (Wildman–Crippen LogP) is 2.52. The van der Waals surface area contributed by atoms with Gasteiger partial charge in [-0.1, -0.05) is 12.1 Å². The van der Waals surface area contributed by atoms with E-state index >= 15 is 0 Å². The molecule has 1 aliphatic heterocycles. The first kappa shape index (κ1) is 18.2. The van der Waals surface area contributed by atoms with E-state index in [0.717, 1.165) is 12.1 Å². The van der Waals surface area contributed by atoms with Crippen LogP contribution >= 0.6 is 0 Å². The molecule has 0 amide bonds. The second kappa shape index (κ2) is 7.61. The van der Waals surface area contributed by atoms with Crippen LogP contribution in [0.3, 0.4) is 0 Å².